The Morgan fingerprint density at radius 2 is 2.00 bits per heavy atom. The number of aromatic nitrogens is 1. The average Bonchev–Trinajstić information content (AvgIpc) is 2.62. The lowest BCUT2D eigenvalue weighted by Gasteiger charge is -2.12. The standard InChI is InChI=1S/C19H18ClNO5/c1-3-5-8-21-10-13(19(24)25-4-2)17(23)18-15(21)16(22)12-9-11(20)6-7-14(12)26-18/h6-7,9-10H,3-5,8H2,1-2H3. The van der Waals surface area contributed by atoms with E-state index in [0.29, 0.717) is 17.0 Å². The molecule has 0 bridgehead atoms. The zero-order valence-corrected chi connectivity index (χ0v) is 15.3. The van der Waals surface area contributed by atoms with Gasteiger partial charge in [-0.25, -0.2) is 4.79 Å². The summed E-state index contributed by atoms with van der Waals surface area (Å²) in [5.74, 6) is -0.733. The summed E-state index contributed by atoms with van der Waals surface area (Å²) in [6, 6.07) is 4.62. The number of unbranched alkanes of at least 4 members (excludes halogenated alkanes) is 1. The molecule has 7 heteroatoms. The summed E-state index contributed by atoms with van der Waals surface area (Å²) in [7, 11) is 0. The molecule has 136 valence electrons. The molecule has 0 aliphatic heterocycles. The third kappa shape index (κ3) is 3.12. The van der Waals surface area contributed by atoms with E-state index in [9.17, 15) is 14.4 Å². The van der Waals surface area contributed by atoms with Gasteiger partial charge in [0.2, 0.25) is 16.4 Å². The SMILES string of the molecule is CCCCn1cc(C(=O)OCC)c(=O)c2oc3ccc(Cl)cc3c(=O)c21. The number of aryl methyl sites for hydroxylation is 1. The summed E-state index contributed by atoms with van der Waals surface area (Å²) < 4.78 is 12.3. The Labute approximate surface area is 153 Å². The molecule has 2 heterocycles. The van der Waals surface area contributed by atoms with E-state index in [4.69, 9.17) is 20.8 Å². The Hall–Kier alpha value is -2.60. The highest BCUT2D eigenvalue weighted by molar-refractivity contribution is 6.31. The molecule has 0 radical (unpaired) electrons. The highest BCUT2D eigenvalue weighted by Crippen LogP contribution is 2.21. The van der Waals surface area contributed by atoms with E-state index < -0.39 is 11.4 Å². The fourth-order valence-corrected chi connectivity index (χ4v) is 3.00. The van der Waals surface area contributed by atoms with Gasteiger partial charge in [0.25, 0.3) is 0 Å². The van der Waals surface area contributed by atoms with Gasteiger partial charge in [-0.1, -0.05) is 24.9 Å². The zero-order chi connectivity index (χ0) is 18.8. The van der Waals surface area contributed by atoms with Crippen LogP contribution >= 0.6 is 11.6 Å². The molecular formula is C19H18ClNO5. The highest BCUT2D eigenvalue weighted by atomic mass is 35.5. The first-order valence-corrected chi connectivity index (χ1v) is 8.82. The quantitative estimate of drug-likeness (QED) is 0.501. The minimum Gasteiger partial charge on any atom is -0.462 e. The summed E-state index contributed by atoms with van der Waals surface area (Å²) in [5, 5.41) is 0.688. The number of carbonyl (C=O) groups excluding carboxylic acids is 1. The minimum absolute atomic E-state index is 0.131. The van der Waals surface area contributed by atoms with Crippen LogP contribution in [0.25, 0.3) is 22.1 Å². The van der Waals surface area contributed by atoms with E-state index in [2.05, 4.69) is 0 Å². The normalized spacial score (nSPS) is 11.2. The first-order chi connectivity index (χ1) is 12.5. The van der Waals surface area contributed by atoms with Crippen LogP contribution in [0, 0.1) is 0 Å². The van der Waals surface area contributed by atoms with Gasteiger partial charge in [-0.2, -0.15) is 0 Å². The molecule has 0 atom stereocenters. The molecule has 0 unspecified atom stereocenters. The summed E-state index contributed by atoms with van der Waals surface area (Å²) in [6.07, 6.45) is 3.03. The first kappa shape index (κ1) is 18.2. The summed E-state index contributed by atoms with van der Waals surface area (Å²) >= 11 is 5.99. The number of nitrogens with zero attached hydrogens (tertiary/aromatic N) is 1. The Balaban J connectivity index is 2.42. The summed E-state index contributed by atoms with van der Waals surface area (Å²) in [6.45, 7) is 4.28. The number of benzene rings is 1. The number of fused-ring (bicyclic) bond motifs is 2. The second kappa shape index (κ2) is 7.33. The Bertz CT molecular complexity index is 1110. The van der Waals surface area contributed by atoms with Gasteiger partial charge in [0.1, 0.15) is 16.7 Å². The first-order valence-electron chi connectivity index (χ1n) is 8.44. The molecule has 3 rings (SSSR count). The summed E-state index contributed by atoms with van der Waals surface area (Å²) in [5.41, 5.74) is -0.927. The van der Waals surface area contributed by atoms with Crippen LogP contribution in [0.2, 0.25) is 5.02 Å². The number of pyridine rings is 1. The van der Waals surface area contributed by atoms with Crippen LogP contribution in [0.5, 0.6) is 0 Å². The number of hydrogen-bond acceptors (Lipinski definition) is 5. The van der Waals surface area contributed by atoms with Crippen LogP contribution in [-0.4, -0.2) is 17.1 Å². The van der Waals surface area contributed by atoms with Crippen molar-refractivity contribution < 1.29 is 13.9 Å². The molecule has 26 heavy (non-hydrogen) atoms. The van der Waals surface area contributed by atoms with E-state index in [1.54, 1.807) is 17.6 Å². The molecule has 3 aromatic rings. The molecule has 6 nitrogen and oxygen atoms in total. The topological polar surface area (TPSA) is 78.5 Å². The van der Waals surface area contributed by atoms with Gasteiger partial charge < -0.3 is 13.7 Å². The number of ether oxygens (including phenoxy) is 1. The second-order valence-electron chi connectivity index (χ2n) is 5.89. The molecule has 0 aliphatic carbocycles. The number of rotatable bonds is 5. The number of esters is 1. The van der Waals surface area contributed by atoms with Gasteiger partial charge in [0.05, 0.1) is 12.0 Å². The molecule has 0 saturated heterocycles. The number of halogens is 1. The third-order valence-electron chi connectivity index (χ3n) is 4.10. The minimum atomic E-state index is -0.733. The van der Waals surface area contributed by atoms with Crippen molar-refractivity contribution in [1.82, 2.24) is 4.57 Å². The fourth-order valence-electron chi connectivity index (χ4n) is 2.83. The van der Waals surface area contributed by atoms with Crippen molar-refractivity contribution >= 4 is 39.6 Å². The van der Waals surface area contributed by atoms with Gasteiger partial charge in [-0.15, -0.1) is 0 Å². The van der Waals surface area contributed by atoms with Gasteiger partial charge in [0, 0.05) is 17.8 Å². The molecule has 1 aromatic carbocycles. The molecular weight excluding hydrogens is 358 g/mol. The number of hydrogen-bond donors (Lipinski definition) is 0. The molecule has 0 saturated carbocycles. The third-order valence-corrected chi connectivity index (χ3v) is 4.33. The fraction of sp³-hybridized carbons (Fsp3) is 0.316. The predicted octanol–water partition coefficient (Wildman–Crippen LogP) is 3.74. The molecule has 2 aromatic heterocycles. The second-order valence-corrected chi connectivity index (χ2v) is 6.33. The molecule has 0 fully saturated rings. The van der Waals surface area contributed by atoms with Crippen molar-refractivity contribution in [2.45, 2.75) is 33.2 Å². The lowest BCUT2D eigenvalue weighted by Crippen LogP contribution is -2.24. The van der Waals surface area contributed by atoms with E-state index in [0.717, 1.165) is 12.8 Å². The lowest BCUT2D eigenvalue weighted by atomic mass is 10.1. The predicted molar refractivity (Wildman–Crippen MR) is 100 cm³/mol. The van der Waals surface area contributed by atoms with Crippen molar-refractivity contribution in [3.05, 3.63) is 55.4 Å². The lowest BCUT2D eigenvalue weighted by molar-refractivity contribution is 0.0524. The smallest absolute Gasteiger partial charge is 0.343 e. The highest BCUT2D eigenvalue weighted by Gasteiger charge is 2.21. The van der Waals surface area contributed by atoms with Crippen LogP contribution in [0.3, 0.4) is 0 Å². The molecule has 0 aliphatic rings. The van der Waals surface area contributed by atoms with Crippen molar-refractivity contribution in [3.8, 4) is 0 Å². The van der Waals surface area contributed by atoms with Crippen molar-refractivity contribution in [1.29, 1.82) is 0 Å². The van der Waals surface area contributed by atoms with Crippen molar-refractivity contribution in [2.75, 3.05) is 6.61 Å². The number of carbonyl (C=O) groups is 1. The van der Waals surface area contributed by atoms with Crippen LogP contribution in [0.1, 0.15) is 37.0 Å². The maximum Gasteiger partial charge on any atom is 0.343 e. The molecule has 0 spiro atoms. The zero-order valence-electron chi connectivity index (χ0n) is 14.5. The van der Waals surface area contributed by atoms with Gasteiger partial charge in [-0.3, -0.25) is 9.59 Å². The van der Waals surface area contributed by atoms with Crippen LogP contribution in [0.4, 0.5) is 0 Å². The van der Waals surface area contributed by atoms with Crippen LogP contribution < -0.4 is 10.9 Å². The Morgan fingerprint density at radius 3 is 2.69 bits per heavy atom. The van der Waals surface area contributed by atoms with E-state index in [1.165, 1.54) is 18.3 Å². The van der Waals surface area contributed by atoms with E-state index >= 15 is 0 Å². The monoisotopic (exact) mass is 375 g/mol. The Kier molecular flexibility index (Phi) is 5.13. The van der Waals surface area contributed by atoms with Gasteiger partial charge in [-0.05, 0) is 31.5 Å². The summed E-state index contributed by atoms with van der Waals surface area (Å²) in [4.78, 5) is 37.9. The molecule has 0 amide bonds. The molecule has 0 N–H and O–H groups in total. The largest absolute Gasteiger partial charge is 0.462 e. The Morgan fingerprint density at radius 1 is 1.23 bits per heavy atom. The van der Waals surface area contributed by atoms with Gasteiger partial charge in [0.15, 0.2) is 0 Å². The van der Waals surface area contributed by atoms with Gasteiger partial charge >= 0.3 is 5.97 Å². The van der Waals surface area contributed by atoms with Crippen LogP contribution in [0.15, 0.2) is 38.4 Å². The maximum atomic E-state index is 13.0. The average molecular weight is 376 g/mol. The van der Waals surface area contributed by atoms with E-state index in [-0.39, 0.29) is 34.3 Å². The maximum absolute atomic E-state index is 13.0. The van der Waals surface area contributed by atoms with Crippen molar-refractivity contribution in [2.24, 2.45) is 0 Å². The van der Waals surface area contributed by atoms with E-state index in [1.807, 2.05) is 6.92 Å². The van der Waals surface area contributed by atoms with Crippen LogP contribution in [-0.2, 0) is 11.3 Å². The van der Waals surface area contributed by atoms with Crippen molar-refractivity contribution in [3.63, 3.8) is 0 Å².